The lowest BCUT2D eigenvalue weighted by Gasteiger charge is -2.59. The Kier molecular flexibility index (Phi) is 4.92. The van der Waals surface area contributed by atoms with Gasteiger partial charge >= 0.3 is 11.9 Å². The van der Waals surface area contributed by atoms with E-state index in [-0.39, 0.29) is 35.9 Å². The summed E-state index contributed by atoms with van der Waals surface area (Å²) in [6.45, 7) is 8.69. The second kappa shape index (κ2) is 7.02. The van der Waals surface area contributed by atoms with E-state index in [1.54, 1.807) is 6.92 Å². The van der Waals surface area contributed by atoms with Crippen LogP contribution in [-0.4, -0.2) is 54.5 Å². The highest BCUT2D eigenvalue weighted by Gasteiger charge is 2.69. The first-order valence-corrected chi connectivity index (χ1v) is 10.6. The highest BCUT2D eigenvalue weighted by atomic mass is 16.6. The fourth-order valence-electron chi connectivity index (χ4n) is 6.73. The smallest absolute Gasteiger partial charge is 0.338 e. The molecule has 0 aromatic rings. The number of Topliss-reactive ketones (excluding diaryl/α,β-unsaturated/α-hetero) is 2. The lowest BCUT2D eigenvalue weighted by Crippen LogP contribution is -2.65. The number of aliphatic hydroxyl groups is 1. The van der Waals surface area contributed by atoms with Crippen molar-refractivity contribution in [2.45, 2.75) is 52.2 Å². The summed E-state index contributed by atoms with van der Waals surface area (Å²) in [7, 11) is 1.46. The molecule has 31 heavy (non-hydrogen) atoms. The van der Waals surface area contributed by atoms with Gasteiger partial charge in [0.2, 0.25) is 5.78 Å². The first-order chi connectivity index (χ1) is 14.5. The van der Waals surface area contributed by atoms with Crippen molar-refractivity contribution in [1.29, 1.82) is 0 Å². The van der Waals surface area contributed by atoms with Crippen LogP contribution >= 0.6 is 0 Å². The van der Waals surface area contributed by atoms with E-state index >= 15 is 0 Å². The molecule has 1 saturated heterocycles. The molecule has 0 aromatic carbocycles. The zero-order valence-corrected chi connectivity index (χ0v) is 18.2. The van der Waals surface area contributed by atoms with Gasteiger partial charge in [-0.1, -0.05) is 20.4 Å². The average molecular weight is 432 g/mol. The van der Waals surface area contributed by atoms with Gasteiger partial charge in [-0.3, -0.25) is 14.4 Å². The van der Waals surface area contributed by atoms with Gasteiger partial charge in [0.25, 0.3) is 0 Å². The zero-order chi connectivity index (χ0) is 22.9. The van der Waals surface area contributed by atoms with Crippen LogP contribution < -0.4 is 0 Å². The fraction of sp³-hybridized carbons (Fsp3) is 0.652. The maximum atomic E-state index is 13.5. The second-order valence-corrected chi connectivity index (χ2v) is 9.59. The summed E-state index contributed by atoms with van der Waals surface area (Å²) >= 11 is 0. The number of methoxy groups -OCH3 is 1. The number of carbonyl (C=O) groups excluding carboxylic acids is 4. The molecule has 4 rings (SSSR count). The third kappa shape index (κ3) is 2.76. The van der Waals surface area contributed by atoms with Gasteiger partial charge in [0.1, 0.15) is 18.0 Å². The third-order valence-electron chi connectivity index (χ3n) is 8.09. The number of fused-ring (bicyclic) bond motifs is 5. The number of esters is 2. The Morgan fingerprint density at radius 2 is 1.97 bits per heavy atom. The number of hydrogen-bond donors (Lipinski definition) is 1. The summed E-state index contributed by atoms with van der Waals surface area (Å²) in [4.78, 5) is 50.8. The maximum absolute atomic E-state index is 13.5. The van der Waals surface area contributed by atoms with Gasteiger partial charge in [-0.2, -0.15) is 0 Å². The quantitative estimate of drug-likeness (QED) is 0.532. The van der Waals surface area contributed by atoms with E-state index in [0.29, 0.717) is 12.8 Å². The molecule has 3 fully saturated rings. The number of ketones is 2. The number of aliphatic hydroxyl groups excluding tert-OH is 1. The number of carbonyl (C=O) groups is 4. The summed E-state index contributed by atoms with van der Waals surface area (Å²) in [5.41, 5.74) is -1.88. The number of allylic oxidation sites excluding steroid dienone is 1. The summed E-state index contributed by atoms with van der Waals surface area (Å²) in [6.07, 6.45) is -0.473. The van der Waals surface area contributed by atoms with Crippen molar-refractivity contribution in [3.63, 3.8) is 0 Å². The number of rotatable bonds is 3. The van der Waals surface area contributed by atoms with E-state index in [1.807, 2.05) is 6.92 Å². The Labute approximate surface area is 180 Å². The molecule has 4 aliphatic rings. The van der Waals surface area contributed by atoms with E-state index < -0.39 is 58.4 Å². The lowest BCUT2D eigenvalue weighted by atomic mass is 9.46. The fourth-order valence-corrected chi connectivity index (χ4v) is 6.73. The van der Waals surface area contributed by atoms with Crippen molar-refractivity contribution in [2.24, 2.45) is 28.6 Å². The standard InChI is InChI=1S/C23H28O8/c1-10-17-20(27)19(26)16-12-6-7-14(25)22(12,3)8-13(30-11(2)24)18(16)23(17,4)15(9-29-5)31-21(10)28/h12-13,15-16,18,27H,1,6-9H2,2-5H3/t12-,13+,15+,16-,18-,22-,23-/m0/s1. The van der Waals surface area contributed by atoms with Gasteiger partial charge in [0, 0.05) is 48.7 Å². The highest BCUT2D eigenvalue weighted by Crippen LogP contribution is 2.64. The lowest BCUT2D eigenvalue weighted by molar-refractivity contribution is -0.195. The molecule has 1 aliphatic heterocycles. The maximum Gasteiger partial charge on any atom is 0.338 e. The van der Waals surface area contributed by atoms with Crippen molar-refractivity contribution in [1.82, 2.24) is 0 Å². The van der Waals surface area contributed by atoms with Gasteiger partial charge in [-0.15, -0.1) is 0 Å². The highest BCUT2D eigenvalue weighted by molar-refractivity contribution is 6.04. The van der Waals surface area contributed by atoms with Crippen LogP contribution in [0.15, 0.2) is 23.5 Å². The van der Waals surface area contributed by atoms with Crippen LogP contribution in [0.4, 0.5) is 0 Å². The Morgan fingerprint density at radius 3 is 2.58 bits per heavy atom. The summed E-state index contributed by atoms with van der Waals surface area (Å²) < 4.78 is 16.6. The molecule has 2 saturated carbocycles. The van der Waals surface area contributed by atoms with Crippen LogP contribution in [0.2, 0.25) is 0 Å². The van der Waals surface area contributed by atoms with Crippen LogP contribution in [0.1, 0.15) is 40.0 Å². The molecule has 0 radical (unpaired) electrons. The molecule has 0 aromatic heterocycles. The Morgan fingerprint density at radius 1 is 1.29 bits per heavy atom. The molecule has 8 nitrogen and oxygen atoms in total. The number of hydrogen-bond acceptors (Lipinski definition) is 8. The predicted octanol–water partition coefficient (Wildman–Crippen LogP) is 2.07. The van der Waals surface area contributed by atoms with E-state index in [2.05, 4.69) is 6.58 Å². The minimum Gasteiger partial charge on any atom is -0.504 e. The van der Waals surface area contributed by atoms with Gasteiger partial charge in [0.15, 0.2) is 5.76 Å². The minimum absolute atomic E-state index is 0.0252. The Balaban J connectivity index is 1.97. The SMILES string of the molecule is C=C1C(=O)O[C@H](COC)[C@@]2(C)C1=C(O)C(=O)[C@@H]1[C@@H]2[C@H](OC(C)=O)C[C@]2(C)C(=O)CC[C@@H]12. The van der Waals surface area contributed by atoms with Gasteiger partial charge in [0.05, 0.1) is 12.2 Å². The average Bonchev–Trinajstić information content (AvgIpc) is 2.97. The molecule has 1 heterocycles. The molecule has 0 bridgehead atoms. The van der Waals surface area contributed by atoms with Crippen LogP contribution in [-0.2, 0) is 33.4 Å². The molecule has 0 unspecified atom stereocenters. The van der Waals surface area contributed by atoms with Crippen LogP contribution in [0, 0.1) is 28.6 Å². The summed E-state index contributed by atoms with van der Waals surface area (Å²) in [5, 5.41) is 11.0. The minimum atomic E-state index is -1.09. The Hall–Kier alpha value is -2.48. The Bertz CT molecular complexity index is 932. The number of ether oxygens (including phenoxy) is 3. The third-order valence-corrected chi connectivity index (χ3v) is 8.09. The second-order valence-electron chi connectivity index (χ2n) is 9.59. The topological polar surface area (TPSA) is 116 Å². The van der Waals surface area contributed by atoms with Crippen molar-refractivity contribution in [3.05, 3.63) is 23.5 Å². The van der Waals surface area contributed by atoms with Crippen LogP contribution in [0.3, 0.4) is 0 Å². The monoisotopic (exact) mass is 432 g/mol. The van der Waals surface area contributed by atoms with Crippen LogP contribution in [0.25, 0.3) is 0 Å². The van der Waals surface area contributed by atoms with Crippen molar-refractivity contribution in [3.8, 4) is 0 Å². The summed E-state index contributed by atoms with van der Waals surface area (Å²) in [5.74, 6) is -3.94. The van der Waals surface area contributed by atoms with Gasteiger partial charge < -0.3 is 19.3 Å². The molecule has 1 N–H and O–H groups in total. The van der Waals surface area contributed by atoms with Crippen molar-refractivity contribution < 1.29 is 38.5 Å². The largest absolute Gasteiger partial charge is 0.504 e. The summed E-state index contributed by atoms with van der Waals surface area (Å²) in [6, 6.07) is 0. The molecule has 3 aliphatic carbocycles. The van der Waals surface area contributed by atoms with Crippen molar-refractivity contribution >= 4 is 23.5 Å². The first-order valence-electron chi connectivity index (χ1n) is 10.6. The normalized spacial score (nSPS) is 42.0. The number of cyclic esters (lactones) is 1. The molecule has 7 atom stereocenters. The van der Waals surface area contributed by atoms with E-state index in [0.717, 1.165) is 0 Å². The first kappa shape index (κ1) is 21.7. The van der Waals surface area contributed by atoms with E-state index in [1.165, 1.54) is 14.0 Å². The van der Waals surface area contributed by atoms with Gasteiger partial charge in [-0.25, -0.2) is 4.79 Å². The molecule has 0 amide bonds. The predicted molar refractivity (Wildman–Crippen MR) is 107 cm³/mol. The molecular formula is C23H28O8. The van der Waals surface area contributed by atoms with Crippen molar-refractivity contribution in [2.75, 3.05) is 13.7 Å². The molecule has 168 valence electrons. The van der Waals surface area contributed by atoms with Gasteiger partial charge in [-0.05, 0) is 18.8 Å². The van der Waals surface area contributed by atoms with Crippen LogP contribution in [0.5, 0.6) is 0 Å². The van der Waals surface area contributed by atoms with E-state index in [4.69, 9.17) is 14.2 Å². The zero-order valence-electron chi connectivity index (χ0n) is 18.2. The molecular weight excluding hydrogens is 404 g/mol. The van der Waals surface area contributed by atoms with E-state index in [9.17, 15) is 24.3 Å². The molecule has 0 spiro atoms. The molecule has 8 heteroatoms.